The summed E-state index contributed by atoms with van der Waals surface area (Å²) in [6, 6.07) is 23.0. The molecule has 6 heteroatoms. The molecule has 0 saturated heterocycles. The number of benzene rings is 3. The van der Waals surface area contributed by atoms with Crippen molar-refractivity contribution in [1.82, 2.24) is 5.43 Å². The van der Waals surface area contributed by atoms with E-state index in [-0.39, 0.29) is 12.5 Å². The van der Waals surface area contributed by atoms with E-state index in [2.05, 4.69) is 26.5 Å². The summed E-state index contributed by atoms with van der Waals surface area (Å²) in [5.74, 6) is 1.02. The van der Waals surface area contributed by atoms with Crippen LogP contribution in [0.3, 0.4) is 0 Å². The molecule has 1 N–H and O–H groups in total. The number of carbonyl (C=O) groups excluding carboxylic acids is 1. The van der Waals surface area contributed by atoms with Gasteiger partial charge in [-0.1, -0.05) is 58.4 Å². The van der Waals surface area contributed by atoms with Crippen LogP contribution in [0, 0.1) is 6.92 Å². The lowest BCUT2D eigenvalue weighted by Crippen LogP contribution is -2.24. The molecular formula is C23H21BrN2O3. The van der Waals surface area contributed by atoms with Crippen molar-refractivity contribution < 1.29 is 14.3 Å². The third-order valence-electron chi connectivity index (χ3n) is 4.05. The van der Waals surface area contributed by atoms with E-state index in [0.29, 0.717) is 18.1 Å². The molecule has 5 nitrogen and oxygen atoms in total. The summed E-state index contributed by atoms with van der Waals surface area (Å²) in [5, 5.41) is 4.01. The molecule has 0 bridgehead atoms. The second-order valence-electron chi connectivity index (χ2n) is 6.30. The number of para-hydroxylation sites is 2. The molecule has 0 fully saturated rings. The number of aryl methyl sites for hydroxylation is 1. The van der Waals surface area contributed by atoms with Crippen LogP contribution in [-0.4, -0.2) is 18.7 Å². The Hall–Kier alpha value is -3.12. The van der Waals surface area contributed by atoms with Gasteiger partial charge in [0.05, 0.1) is 6.21 Å². The molecule has 1 amide bonds. The van der Waals surface area contributed by atoms with Gasteiger partial charge in [0, 0.05) is 10.0 Å². The molecule has 0 heterocycles. The van der Waals surface area contributed by atoms with E-state index in [0.717, 1.165) is 21.2 Å². The van der Waals surface area contributed by atoms with Crippen LogP contribution in [-0.2, 0) is 11.4 Å². The Kier molecular flexibility index (Phi) is 7.41. The lowest BCUT2D eigenvalue weighted by Gasteiger charge is -2.09. The van der Waals surface area contributed by atoms with Gasteiger partial charge in [0.15, 0.2) is 6.61 Å². The predicted octanol–water partition coefficient (Wildman–Crippen LogP) is 4.87. The minimum absolute atomic E-state index is 0.108. The maximum atomic E-state index is 12.0. The van der Waals surface area contributed by atoms with Crippen LogP contribution in [0.15, 0.2) is 82.4 Å². The predicted molar refractivity (Wildman–Crippen MR) is 117 cm³/mol. The third kappa shape index (κ3) is 6.47. The Balaban J connectivity index is 1.53. The van der Waals surface area contributed by atoms with Crippen LogP contribution in [0.1, 0.15) is 16.7 Å². The minimum Gasteiger partial charge on any atom is -0.488 e. The lowest BCUT2D eigenvalue weighted by molar-refractivity contribution is -0.123. The lowest BCUT2D eigenvalue weighted by atomic mass is 10.2. The highest BCUT2D eigenvalue weighted by Crippen LogP contribution is 2.19. The van der Waals surface area contributed by atoms with Crippen LogP contribution < -0.4 is 14.9 Å². The fourth-order valence-corrected chi connectivity index (χ4v) is 3.02. The summed E-state index contributed by atoms with van der Waals surface area (Å²) in [5.41, 5.74) is 5.26. The number of hydrazone groups is 1. The van der Waals surface area contributed by atoms with Gasteiger partial charge in [-0.25, -0.2) is 5.43 Å². The van der Waals surface area contributed by atoms with Gasteiger partial charge in [0.25, 0.3) is 5.91 Å². The summed E-state index contributed by atoms with van der Waals surface area (Å²) in [4.78, 5) is 12.0. The van der Waals surface area contributed by atoms with Gasteiger partial charge in [-0.15, -0.1) is 0 Å². The van der Waals surface area contributed by atoms with E-state index in [4.69, 9.17) is 9.47 Å². The van der Waals surface area contributed by atoms with E-state index in [1.54, 1.807) is 6.21 Å². The highest BCUT2D eigenvalue weighted by molar-refractivity contribution is 9.10. The number of rotatable bonds is 8. The van der Waals surface area contributed by atoms with Gasteiger partial charge in [0.1, 0.15) is 18.1 Å². The molecule has 3 aromatic carbocycles. The van der Waals surface area contributed by atoms with Gasteiger partial charge >= 0.3 is 0 Å². The first kappa shape index (κ1) is 20.6. The molecule has 0 radical (unpaired) electrons. The first-order valence-electron chi connectivity index (χ1n) is 9.08. The topological polar surface area (TPSA) is 59.9 Å². The SMILES string of the molecule is Cc1ccccc1OCC(=O)N/N=C\c1ccccc1OCc1cccc(Br)c1. The zero-order valence-corrected chi connectivity index (χ0v) is 17.6. The van der Waals surface area contributed by atoms with Gasteiger partial charge in [0.2, 0.25) is 0 Å². The van der Waals surface area contributed by atoms with Crippen molar-refractivity contribution in [3.8, 4) is 11.5 Å². The number of nitrogens with one attached hydrogen (secondary N) is 1. The number of ether oxygens (including phenoxy) is 2. The number of carbonyl (C=O) groups is 1. The minimum atomic E-state index is -0.336. The summed E-state index contributed by atoms with van der Waals surface area (Å²) in [6.45, 7) is 2.25. The Labute approximate surface area is 178 Å². The number of halogens is 1. The largest absolute Gasteiger partial charge is 0.488 e. The molecule has 148 valence electrons. The standard InChI is InChI=1S/C23H21BrN2O3/c1-17-7-2-4-11-21(17)29-16-23(27)26-25-14-19-9-3-5-12-22(19)28-15-18-8-6-10-20(24)13-18/h2-14H,15-16H2,1H3,(H,26,27)/b25-14-. The van der Waals surface area contributed by atoms with Gasteiger partial charge < -0.3 is 9.47 Å². The van der Waals surface area contributed by atoms with E-state index in [9.17, 15) is 4.79 Å². The highest BCUT2D eigenvalue weighted by atomic mass is 79.9. The number of amides is 1. The Bertz CT molecular complexity index is 1000. The van der Waals surface area contributed by atoms with Crippen LogP contribution in [0.25, 0.3) is 0 Å². The van der Waals surface area contributed by atoms with Crippen LogP contribution >= 0.6 is 15.9 Å². The molecular weight excluding hydrogens is 432 g/mol. The van der Waals surface area contributed by atoms with E-state index < -0.39 is 0 Å². The molecule has 0 aliphatic carbocycles. The van der Waals surface area contributed by atoms with Gasteiger partial charge in [-0.2, -0.15) is 5.10 Å². The zero-order valence-electron chi connectivity index (χ0n) is 16.0. The Morgan fingerprint density at radius 3 is 2.55 bits per heavy atom. The molecule has 0 aliphatic heterocycles. The smallest absolute Gasteiger partial charge is 0.277 e. The number of hydrogen-bond acceptors (Lipinski definition) is 4. The Morgan fingerprint density at radius 1 is 1.00 bits per heavy atom. The van der Waals surface area contributed by atoms with Crippen LogP contribution in [0.4, 0.5) is 0 Å². The third-order valence-corrected chi connectivity index (χ3v) is 4.54. The summed E-state index contributed by atoms with van der Waals surface area (Å²) in [6.07, 6.45) is 1.56. The summed E-state index contributed by atoms with van der Waals surface area (Å²) in [7, 11) is 0. The zero-order chi connectivity index (χ0) is 20.5. The van der Waals surface area contributed by atoms with Crippen molar-refractivity contribution in [3.05, 3.63) is 94.0 Å². The second kappa shape index (κ2) is 10.4. The van der Waals surface area contributed by atoms with Crippen molar-refractivity contribution >= 4 is 28.1 Å². The first-order valence-corrected chi connectivity index (χ1v) is 9.88. The van der Waals surface area contributed by atoms with Crippen molar-refractivity contribution in [2.75, 3.05) is 6.61 Å². The molecule has 0 saturated carbocycles. The number of hydrogen-bond donors (Lipinski definition) is 1. The molecule has 3 rings (SSSR count). The maximum absolute atomic E-state index is 12.0. The van der Waals surface area contributed by atoms with Crippen LogP contribution in [0.2, 0.25) is 0 Å². The molecule has 0 unspecified atom stereocenters. The van der Waals surface area contributed by atoms with Gasteiger partial charge in [-0.3, -0.25) is 4.79 Å². The fourth-order valence-electron chi connectivity index (χ4n) is 2.57. The summed E-state index contributed by atoms with van der Waals surface area (Å²) >= 11 is 3.45. The van der Waals surface area contributed by atoms with Crippen molar-refractivity contribution in [2.45, 2.75) is 13.5 Å². The second-order valence-corrected chi connectivity index (χ2v) is 7.22. The maximum Gasteiger partial charge on any atom is 0.277 e. The van der Waals surface area contributed by atoms with Gasteiger partial charge in [-0.05, 0) is 48.4 Å². The normalized spacial score (nSPS) is 10.7. The average molecular weight is 453 g/mol. The molecule has 0 atom stereocenters. The van der Waals surface area contributed by atoms with E-state index >= 15 is 0 Å². The quantitative estimate of drug-likeness (QED) is 0.391. The highest BCUT2D eigenvalue weighted by Gasteiger charge is 2.05. The monoisotopic (exact) mass is 452 g/mol. The molecule has 3 aromatic rings. The van der Waals surface area contributed by atoms with Crippen molar-refractivity contribution in [2.24, 2.45) is 5.10 Å². The van der Waals surface area contributed by atoms with Crippen molar-refractivity contribution in [1.29, 1.82) is 0 Å². The van der Waals surface area contributed by atoms with Crippen molar-refractivity contribution in [3.63, 3.8) is 0 Å². The molecule has 0 spiro atoms. The molecule has 0 aromatic heterocycles. The van der Waals surface area contributed by atoms with E-state index in [1.165, 1.54) is 0 Å². The summed E-state index contributed by atoms with van der Waals surface area (Å²) < 4.78 is 12.4. The van der Waals surface area contributed by atoms with Crippen LogP contribution in [0.5, 0.6) is 11.5 Å². The first-order chi connectivity index (χ1) is 14.1. The number of nitrogens with zero attached hydrogens (tertiary/aromatic N) is 1. The molecule has 29 heavy (non-hydrogen) atoms. The van der Waals surface area contributed by atoms with E-state index in [1.807, 2.05) is 79.7 Å². The fraction of sp³-hybridized carbons (Fsp3) is 0.130. The average Bonchev–Trinajstić information content (AvgIpc) is 2.72. The Morgan fingerprint density at radius 2 is 1.76 bits per heavy atom. The molecule has 0 aliphatic rings.